The van der Waals surface area contributed by atoms with Gasteiger partial charge in [0.05, 0.1) is 56.7 Å². The number of rotatable bonds is 48. The number of benzene rings is 3. The van der Waals surface area contributed by atoms with Gasteiger partial charge >= 0.3 is 17.9 Å². The van der Waals surface area contributed by atoms with Gasteiger partial charge < -0.3 is 67.7 Å². The first-order valence-corrected chi connectivity index (χ1v) is 38.7. The number of hydrogen-bond donors (Lipinski definition) is 12. The summed E-state index contributed by atoms with van der Waals surface area (Å²) in [5.41, 5.74) is 9.29. The lowest BCUT2D eigenvalue weighted by Gasteiger charge is -2.32. The van der Waals surface area contributed by atoms with E-state index in [0.29, 0.717) is 39.9 Å². The van der Waals surface area contributed by atoms with Gasteiger partial charge in [0.1, 0.15) is 13.2 Å². The van der Waals surface area contributed by atoms with Gasteiger partial charge in [0.2, 0.25) is 41.4 Å². The zero-order valence-corrected chi connectivity index (χ0v) is 65.9. The number of carbonyl (C=O) groups is 14. The van der Waals surface area contributed by atoms with Gasteiger partial charge in [-0.2, -0.15) is 0 Å². The van der Waals surface area contributed by atoms with Gasteiger partial charge in [-0.25, -0.2) is 4.98 Å². The number of ether oxygens (including phenoxy) is 1. The molecule has 5 aromatic rings. The van der Waals surface area contributed by atoms with Crippen LogP contribution in [0.25, 0.3) is 10.9 Å². The molecule has 0 radical (unpaired) electrons. The van der Waals surface area contributed by atoms with Crippen LogP contribution in [0.3, 0.4) is 0 Å². The number of anilines is 1. The second-order valence-corrected chi connectivity index (χ2v) is 30.6. The number of hydrogen-bond acceptors (Lipinski definition) is 20. The van der Waals surface area contributed by atoms with Crippen molar-refractivity contribution in [3.05, 3.63) is 120 Å². The molecule has 6 atom stereocenters. The highest BCUT2D eigenvalue weighted by molar-refractivity contribution is 5.98. The number of nitrogens with one attached hydrogen (secondary N) is 8. The van der Waals surface area contributed by atoms with Crippen LogP contribution >= 0.6 is 0 Å². The Hall–Kier alpha value is -10.4. The number of nitrogens with zero attached hydrogens (tertiary/aromatic N) is 5. The molecule has 32 heteroatoms. The molecule has 1 aliphatic heterocycles. The number of amides is 7. The van der Waals surface area contributed by atoms with E-state index in [1.165, 1.54) is 13.3 Å². The van der Waals surface area contributed by atoms with Crippen molar-refractivity contribution in [2.24, 2.45) is 41.2 Å². The predicted octanol–water partition coefficient (Wildman–Crippen LogP) is 3.71. The number of imidazole rings is 1. The lowest BCUT2D eigenvalue weighted by atomic mass is 9.84. The number of ketones is 4. The number of carbonyl (C=O) groups excluding carboxylic acids is 11. The number of aromatic nitrogens is 3. The highest BCUT2D eigenvalue weighted by Gasteiger charge is 2.35. The van der Waals surface area contributed by atoms with Crippen molar-refractivity contribution in [1.82, 2.24) is 61.1 Å². The molecule has 7 amide bonds. The lowest BCUT2D eigenvalue weighted by molar-refractivity contribution is -0.140. The SMILES string of the molecule is CC(C)CC(CC(=O)[C@H](Cc1cnc[nH]1)NC(=O)CCC(=O)[C@@H](NC(=O)[C@H](C)CC(=O)[C@H](Cc1c[nH]c2ccccc12)NC(=O)[C@H](CCC(N)=O)CC(=O)[C@@H](Cc1ccccc1)NC(=O)COCC(=O)Nc1ccc(CNC(=O)CN2CCN(CC(=O)O)CCN(CC(=O)O)CCN(CC(=O)O)CC2)cc1)C(C)C)CC(C)C. The molecule has 113 heavy (non-hydrogen) atoms. The molecule has 0 saturated carbocycles. The number of aliphatic carboxylic acids is 3. The minimum absolute atomic E-state index is 0.0503. The fourth-order valence-corrected chi connectivity index (χ4v) is 13.8. The van der Waals surface area contributed by atoms with E-state index in [9.17, 15) is 82.4 Å². The molecule has 1 aliphatic rings. The monoisotopic (exact) mass is 1570 g/mol. The van der Waals surface area contributed by atoms with Gasteiger partial charge in [0.25, 0.3) is 0 Å². The molecule has 3 heterocycles. The standard InChI is InChI=1S/C81H114N14O18/c1-51(2)33-57(34-52(3)4)37-69(98)66(40-61-43-83-50-86-61)88-72(101)24-22-67(96)79(53(5)6)91-80(111)54(7)35-68(97)65(38-59-42-84-63-16-12-11-15-62(59)63)90-81(112)58(19-23-71(82)100)39-70(99)64(36-55-13-9-8-10-14-55)89-75(104)49-113-48-74(103)87-60-20-17-56(18-21-60)41-85-73(102)44-92-25-27-93(45-76(105)106)29-31-95(47-78(109)110)32-30-94(28-26-92)46-77(107)108/h8-18,20-21,42-43,50-54,57-58,64-66,79,84H,19,22-41,44-49H2,1-7H3,(H2,82,100)(H,83,86)(H,85,102)(H,87,103)(H,88,101)(H,89,104)(H,90,112)(H,91,111)(H,105,106)(H,107,108)(H,109,110)/t54-,58-,64-,65+,66+,79+/m1/s1. The number of primary amides is 1. The van der Waals surface area contributed by atoms with Crippen molar-refractivity contribution in [1.29, 1.82) is 0 Å². The van der Waals surface area contributed by atoms with Crippen LogP contribution in [0.2, 0.25) is 0 Å². The van der Waals surface area contributed by atoms with Crippen LogP contribution in [-0.2, 0) is 97.7 Å². The van der Waals surface area contributed by atoms with Crippen LogP contribution in [0.5, 0.6) is 0 Å². The van der Waals surface area contributed by atoms with E-state index in [4.69, 9.17) is 10.5 Å². The van der Waals surface area contributed by atoms with Crippen LogP contribution in [0.4, 0.5) is 5.69 Å². The minimum Gasteiger partial charge on any atom is -0.480 e. The normalized spacial score (nSPS) is 15.2. The molecule has 0 bridgehead atoms. The van der Waals surface area contributed by atoms with E-state index >= 15 is 0 Å². The van der Waals surface area contributed by atoms with Crippen LogP contribution in [0, 0.1) is 35.5 Å². The van der Waals surface area contributed by atoms with Crippen LogP contribution < -0.4 is 37.6 Å². The van der Waals surface area contributed by atoms with Crippen LogP contribution in [0.15, 0.2) is 97.6 Å². The molecule has 1 saturated heterocycles. The number of carboxylic acid groups (broad SMARTS) is 3. The van der Waals surface area contributed by atoms with Crippen molar-refractivity contribution in [3.8, 4) is 0 Å². The van der Waals surface area contributed by atoms with Gasteiger partial charge in [0.15, 0.2) is 23.1 Å². The second-order valence-electron chi connectivity index (χ2n) is 30.6. The Morgan fingerprint density at radius 3 is 1.60 bits per heavy atom. The molecule has 0 aliphatic carbocycles. The summed E-state index contributed by atoms with van der Waals surface area (Å²) >= 11 is 0. The maximum absolute atomic E-state index is 14.8. The summed E-state index contributed by atoms with van der Waals surface area (Å²) in [5, 5.41) is 46.1. The van der Waals surface area contributed by atoms with Crippen molar-refractivity contribution in [2.45, 2.75) is 156 Å². The van der Waals surface area contributed by atoms with E-state index in [-0.39, 0.29) is 154 Å². The molecule has 0 spiro atoms. The Morgan fingerprint density at radius 2 is 1.04 bits per heavy atom. The van der Waals surface area contributed by atoms with Crippen molar-refractivity contribution >= 4 is 99.0 Å². The summed E-state index contributed by atoms with van der Waals surface area (Å²) < 4.78 is 5.50. The fraction of sp³-hybridized carbons (Fsp3) is 0.543. The first-order valence-electron chi connectivity index (χ1n) is 38.7. The molecule has 32 nitrogen and oxygen atoms in total. The van der Waals surface area contributed by atoms with Crippen molar-refractivity contribution < 1.29 is 87.2 Å². The average Bonchev–Trinajstić information content (AvgIpc) is 1.70. The highest BCUT2D eigenvalue weighted by Crippen LogP contribution is 2.26. The Balaban J connectivity index is 1.05. The Labute approximate surface area is 659 Å². The van der Waals surface area contributed by atoms with Gasteiger partial charge in [0, 0.05) is 157 Å². The Kier molecular flexibility index (Phi) is 38.2. The first-order chi connectivity index (χ1) is 53.7. The molecule has 2 aromatic heterocycles. The van der Waals surface area contributed by atoms with E-state index in [1.807, 2.05) is 18.2 Å². The molecular formula is C81H114N14O18. The zero-order valence-electron chi connectivity index (χ0n) is 65.9. The van der Waals surface area contributed by atoms with Crippen LogP contribution in [0.1, 0.15) is 129 Å². The summed E-state index contributed by atoms with van der Waals surface area (Å²) in [4.78, 5) is 204. The predicted molar refractivity (Wildman–Crippen MR) is 420 cm³/mol. The summed E-state index contributed by atoms with van der Waals surface area (Å²) in [5.74, 6) is -11.5. The number of nitrogens with two attached hydrogens (primary N) is 1. The number of fused-ring (bicyclic) bond motifs is 1. The van der Waals surface area contributed by atoms with Crippen molar-refractivity contribution in [2.75, 3.05) is 97.1 Å². The minimum atomic E-state index is -1.31. The lowest BCUT2D eigenvalue weighted by Crippen LogP contribution is -2.49. The molecule has 1 fully saturated rings. The second kappa shape index (κ2) is 47.2. The van der Waals surface area contributed by atoms with Crippen molar-refractivity contribution in [3.63, 3.8) is 0 Å². The number of aromatic amines is 2. The van der Waals surface area contributed by atoms with E-state index in [2.05, 4.69) is 74.5 Å². The quantitative estimate of drug-likeness (QED) is 0.0264. The highest BCUT2D eigenvalue weighted by atomic mass is 16.5. The first kappa shape index (κ1) is 91.5. The number of para-hydroxylation sites is 1. The third-order valence-corrected chi connectivity index (χ3v) is 19.6. The van der Waals surface area contributed by atoms with Crippen LogP contribution in [-0.4, -0.2) is 248 Å². The maximum atomic E-state index is 14.8. The molecular weight excluding hydrogens is 1460 g/mol. The van der Waals surface area contributed by atoms with Gasteiger partial charge in [-0.15, -0.1) is 0 Å². The van der Waals surface area contributed by atoms with E-state index < -0.39 is 139 Å². The van der Waals surface area contributed by atoms with Gasteiger partial charge in [-0.05, 0) is 84.2 Å². The smallest absolute Gasteiger partial charge is 0.317 e. The summed E-state index contributed by atoms with van der Waals surface area (Å²) in [6.07, 6.45) is 4.69. The average molecular weight is 1570 g/mol. The largest absolute Gasteiger partial charge is 0.480 e. The number of H-pyrrole nitrogens is 2. The molecule has 6 rings (SSSR count). The molecule has 13 N–H and O–H groups in total. The van der Waals surface area contributed by atoms with Gasteiger partial charge in [-0.3, -0.25) is 86.7 Å². The van der Waals surface area contributed by atoms with E-state index in [1.54, 1.807) is 107 Å². The molecule has 3 aromatic carbocycles. The summed E-state index contributed by atoms with van der Waals surface area (Å²) in [7, 11) is 0. The third kappa shape index (κ3) is 34.2. The molecule has 0 unspecified atom stereocenters. The third-order valence-electron chi connectivity index (χ3n) is 19.6. The summed E-state index contributed by atoms with van der Waals surface area (Å²) in [6, 6.07) is 17.9. The Morgan fingerprint density at radius 1 is 0.513 bits per heavy atom. The fourth-order valence-electron chi connectivity index (χ4n) is 13.8. The van der Waals surface area contributed by atoms with Gasteiger partial charge in [-0.1, -0.05) is 109 Å². The van der Waals surface area contributed by atoms with E-state index in [0.717, 1.165) is 23.7 Å². The zero-order chi connectivity index (χ0) is 82.7. The summed E-state index contributed by atoms with van der Waals surface area (Å²) in [6.45, 7) is 13.0. The number of Topliss-reactive ketones (excluding diaryl/α,β-unsaturated/α-hetero) is 4. The molecule has 616 valence electrons. The number of carboxylic acids is 3. The maximum Gasteiger partial charge on any atom is 0.317 e. The Bertz CT molecular complexity index is 3940. The topological polar surface area (TPSA) is 465 Å².